The summed E-state index contributed by atoms with van der Waals surface area (Å²) < 4.78 is 1.57. The van der Waals surface area contributed by atoms with Gasteiger partial charge in [-0.2, -0.15) is 0 Å². The molecule has 0 atom stereocenters. The molecular weight excluding hydrogens is 382 g/mol. The molecule has 0 radical (unpaired) electrons. The average molecular weight is 405 g/mol. The van der Waals surface area contributed by atoms with E-state index in [0.717, 1.165) is 19.6 Å². The normalized spacial score (nSPS) is 14.6. The number of nitro benzene ring substituents is 1. The molecule has 154 valence electrons. The van der Waals surface area contributed by atoms with Gasteiger partial charge in [0.2, 0.25) is 0 Å². The van der Waals surface area contributed by atoms with Gasteiger partial charge >= 0.3 is 0 Å². The predicted molar refractivity (Wildman–Crippen MR) is 113 cm³/mol. The number of hydrogen-bond acceptors (Lipinski definition) is 5. The van der Waals surface area contributed by atoms with Crippen molar-refractivity contribution in [3.8, 4) is 5.69 Å². The fourth-order valence-corrected chi connectivity index (χ4v) is 3.74. The standard InChI is InChI=1S/C22H23N5O3/c1-17-4-2-3-5-19(17)15-24-10-12-25(13-11-24)22(28)18-6-7-20(21(14-18)27(29)30)26-9-8-23-16-26/h2-9,14,16H,10-13,15H2,1H3. The van der Waals surface area contributed by atoms with Crippen molar-refractivity contribution in [2.75, 3.05) is 26.2 Å². The number of amides is 1. The van der Waals surface area contributed by atoms with Gasteiger partial charge in [0.1, 0.15) is 5.69 Å². The van der Waals surface area contributed by atoms with Gasteiger partial charge in [0.25, 0.3) is 11.6 Å². The van der Waals surface area contributed by atoms with Crippen LogP contribution in [0.5, 0.6) is 0 Å². The molecule has 0 unspecified atom stereocenters. The monoisotopic (exact) mass is 405 g/mol. The SMILES string of the molecule is Cc1ccccc1CN1CCN(C(=O)c2ccc(-n3ccnc3)c([N+](=O)[O-])c2)CC1. The number of nitro groups is 1. The van der Waals surface area contributed by atoms with Crippen LogP contribution in [0.15, 0.2) is 61.2 Å². The number of rotatable bonds is 5. The fraction of sp³-hybridized carbons (Fsp3) is 0.273. The average Bonchev–Trinajstić information content (AvgIpc) is 3.30. The van der Waals surface area contributed by atoms with Crippen molar-refractivity contribution in [3.63, 3.8) is 0 Å². The lowest BCUT2D eigenvalue weighted by molar-refractivity contribution is -0.384. The van der Waals surface area contributed by atoms with E-state index in [1.807, 2.05) is 12.1 Å². The fourth-order valence-electron chi connectivity index (χ4n) is 3.74. The van der Waals surface area contributed by atoms with Crippen LogP contribution in [0.3, 0.4) is 0 Å². The third-order valence-electron chi connectivity index (χ3n) is 5.52. The molecular formula is C22H23N5O3. The molecule has 3 aromatic rings. The van der Waals surface area contributed by atoms with Crippen LogP contribution in [-0.2, 0) is 6.54 Å². The Bertz CT molecular complexity index is 1060. The second-order valence-corrected chi connectivity index (χ2v) is 7.43. The smallest absolute Gasteiger partial charge is 0.294 e. The van der Waals surface area contributed by atoms with Gasteiger partial charge in [-0.15, -0.1) is 0 Å². The highest BCUT2D eigenvalue weighted by atomic mass is 16.6. The van der Waals surface area contributed by atoms with Crippen molar-refractivity contribution in [1.82, 2.24) is 19.4 Å². The van der Waals surface area contributed by atoms with Crippen LogP contribution in [-0.4, -0.2) is 56.4 Å². The molecule has 2 aromatic carbocycles. The Morgan fingerprint density at radius 1 is 1.13 bits per heavy atom. The summed E-state index contributed by atoms with van der Waals surface area (Å²) in [7, 11) is 0. The van der Waals surface area contributed by atoms with Crippen molar-refractivity contribution < 1.29 is 9.72 Å². The number of nitrogens with zero attached hydrogens (tertiary/aromatic N) is 5. The largest absolute Gasteiger partial charge is 0.336 e. The van der Waals surface area contributed by atoms with E-state index in [0.29, 0.717) is 24.3 Å². The summed E-state index contributed by atoms with van der Waals surface area (Å²) in [6, 6.07) is 12.9. The highest BCUT2D eigenvalue weighted by Gasteiger charge is 2.25. The van der Waals surface area contributed by atoms with E-state index < -0.39 is 4.92 Å². The Morgan fingerprint density at radius 2 is 1.90 bits per heavy atom. The van der Waals surface area contributed by atoms with Gasteiger partial charge < -0.3 is 9.47 Å². The molecule has 8 heteroatoms. The topological polar surface area (TPSA) is 84.5 Å². The highest BCUT2D eigenvalue weighted by molar-refractivity contribution is 5.95. The molecule has 4 rings (SSSR count). The molecule has 1 amide bonds. The van der Waals surface area contributed by atoms with Gasteiger partial charge in [0.15, 0.2) is 0 Å². The molecule has 2 heterocycles. The van der Waals surface area contributed by atoms with Gasteiger partial charge in [-0.3, -0.25) is 19.8 Å². The molecule has 0 spiro atoms. The van der Waals surface area contributed by atoms with Crippen LogP contribution >= 0.6 is 0 Å². The minimum Gasteiger partial charge on any atom is -0.336 e. The van der Waals surface area contributed by atoms with Crippen molar-refractivity contribution in [2.45, 2.75) is 13.5 Å². The summed E-state index contributed by atoms with van der Waals surface area (Å²) in [6.45, 7) is 5.71. The van der Waals surface area contributed by atoms with E-state index in [1.54, 1.807) is 34.0 Å². The second-order valence-electron chi connectivity index (χ2n) is 7.43. The van der Waals surface area contributed by atoms with E-state index in [1.165, 1.54) is 23.5 Å². The first-order valence-electron chi connectivity index (χ1n) is 9.86. The predicted octanol–water partition coefficient (Wildman–Crippen LogP) is 3.05. The van der Waals surface area contributed by atoms with E-state index in [4.69, 9.17) is 0 Å². The molecule has 8 nitrogen and oxygen atoms in total. The number of hydrogen-bond donors (Lipinski definition) is 0. The van der Waals surface area contributed by atoms with Crippen LogP contribution in [0.1, 0.15) is 21.5 Å². The number of carbonyl (C=O) groups excluding carboxylic acids is 1. The van der Waals surface area contributed by atoms with Crippen LogP contribution in [0, 0.1) is 17.0 Å². The third-order valence-corrected chi connectivity index (χ3v) is 5.52. The van der Waals surface area contributed by atoms with Gasteiger partial charge in [-0.1, -0.05) is 24.3 Å². The van der Waals surface area contributed by atoms with E-state index >= 15 is 0 Å². The summed E-state index contributed by atoms with van der Waals surface area (Å²) in [6.07, 6.45) is 4.69. The lowest BCUT2D eigenvalue weighted by Gasteiger charge is -2.35. The Balaban J connectivity index is 1.45. The summed E-state index contributed by atoms with van der Waals surface area (Å²) in [5.41, 5.74) is 3.16. The summed E-state index contributed by atoms with van der Waals surface area (Å²) in [5, 5.41) is 11.6. The minimum atomic E-state index is -0.466. The number of carbonyl (C=O) groups is 1. The number of benzene rings is 2. The van der Waals surface area contributed by atoms with Gasteiger partial charge in [-0.05, 0) is 30.2 Å². The summed E-state index contributed by atoms with van der Waals surface area (Å²) in [5.74, 6) is -0.175. The third kappa shape index (κ3) is 4.08. The maximum absolute atomic E-state index is 13.0. The zero-order valence-corrected chi connectivity index (χ0v) is 16.8. The van der Waals surface area contributed by atoms with Crippen LogP contribution in [0.25, 0.3) is 5.69 Å². The molecule has 0 N–H and O–H groups in total. The lowest BCUT2D eigenvalue weighted by Crippen LogP contribution is -2.48. The second kappa shape index (κ2) is 8.46. The first kappa shape index (κ1) is 19.8. The Morgan fingerprint density at radius 3 is 2.57 bits per heavy atom. The lowest BCUT2D eigenvalue weighted by atomic mass is 10.1. The number of piperazine rings is 1. The van der Waals surface area contributed by atoms with Gasteiger partial charge in [0.05, 0.1) is 11.3 Å². The maximum atomic E-state index is 13.0. The van der Waals surface area contributed by atoms with Crippen molar-refractivity contribution in [2.24, 2.45) is 0 Å². The first-order chi connectivity index (χ1) is 14.5. The molecule has 1 aliphatic rings. The number of imidazole rings is 1. The highest BCUT2D eigenvalue weighted by Crippen LogP contribution is 2.25. The van der Waals surface area contributed by atoms with Crippen molar-refractivity contribution in [3.05, 3.63) is 88.0 Å². The van der Waals surface area contributed by atoms with E-state index in [-0.39, 0.29) is 11.6 Å². The zero-order chi connectivity index (χ0) is 21.1. The van der Waals surface area contributed by atoms with Crippen molar-refractivity contribution >= 4 is 11.6 Å². The molecule has 1 saturated heterocycles. The maximum Gasteiger partial charge on any atom is 0.294 e. The Labute approximate surface area is 174 Å². The molecule has 1 aromatic heterocycles. The molecule has 30 heavy (non-hydrogen) atoms. The van der Waals surface area contributed by atoms with Crippen LogP contribution in [0.2, 0.25) is 0 Å². The molecule has 1 aliphatic heterocycles. The number of aromatic nitrogens is 2. The first-order valence-corrected chi connectivity index (χ1v) is 9.86. The number of aryl methyl sites for hydroxylation is 1. The molecule has 0 bridgehead atoms. The van der Waals surface area contributed by atoms with Crippen LogP contribution in [0.4, 0.5) is 5.69 Å². The zero-order valence-electron chi connectivity index (χ0n) is 16.8. The van der Waals surface area contributed by atoms with Crippen LogP contribution < -0.4 is 0 Å². The van der Waals surface area contributed by atoms with E-state index in [2.05, 4.69) is 28.9 Å². The van der Waals surface area contributed by atoms with E-state index in [9.17, 15) is 14.9 Å². The quantitative estimate of drug-likeness (QED) is 0.481. The summed E-state index contributed by atoms with van der Waals surface area (Å²) >= 11 is 0. The van der Waals surface area contributed by atoms with Gasteiger partial charge in [0, 0.05) is 56.7 Å². The van der Waals surface area contributed by atoms with Crippen molar-refractivity contribution in [1.29, 1.82) is 0 Å². The molecule has 1 fully saturated rings. The Kier molecular flexibility index (Phi) is 5.58. The summed E-state index contributed by atoms with van der Waals surface area (Å²) in [4.78, 5) is 32.1. The minimum absolute atomic E-state index is 0.114. The van der Waals surface area contributed by atoms with Gasteiger partial charge in [-0.25, -0.2) is 4.98 Å². The molecule has 0 saturated carbocycles. The Hall–Kier alpha value is -3.52. The molecule has 0 aliphatic carbocycles.